The molecule has 0 N–H and O–H groups in total. The van der Waals surface area contributed by atoms with E-state index in [1.165, 1.54) is 76.6 Å². The van der Waals surface area contributed by atoms with Crippen LogP contribution in [0.1, 0.15) is 0 Å². The summed E-state index contributed by atoms with van der Waals surface area (Å²) in [7, 11) is 0. The fraction of sp³-hybridized carbons (Fsp3) is 0. The molecule has 6 nitrogen and oxygen atoms in total. The molecule has 0 unspecified atom stereocenters. The van der Waals surface area contributed by atoms with E-state index in [4.69, 9.17) is 9.97 Å². The lowest BCUT2D eigenvalue weighted by Crippen LogP contribution is -2.04. The van der Waals surface area contributed by atoms with E-state index in [0.29, 0.717) is 5.95 Å². The molecule has 5 heterocycles. The minimum absolute atomic E-state index is 0.581. The van der Waals surface area contributed by atoms with Gasteiger partial charge in [0.25, 0.3) is 0 Å². The highest BCUT2D eigenvalue weighted by molar-refractivity contribution is 6.15. The third-order valence-corrected chi connectivity index (χ3v) is 20.4. The van der Waals surface area contributed by atoms with Gasteiger partial charge in [-0.25, -0.2) is 9.97 Å². The summed E-state index contributed by atoms with van der Waals surface area (Å²) in [6.07, 6.45) is 0. The van der Waals surface area contributed by atoms with Gasteiger partial charge in [0.1, 0.15) is 0 Å². The zero-order chi connectivity index (χ0) is 65.8. The minimum atomic E-state index is 0.581. The summed E-state index contributed by atoms with van der Waals surface area (Å²) in [5.74, 6) is 0.581. The highest BCUT2D eigenvalue weighted by Crippen LogP contribution is 2.43. The standard InChI is InChI=1S/C94H60N6/c1-5-23-61(24-6-1)74-48-43-64(55-81(74)62-25-7-2-8-26-62)63-27-21-28-69(53-63)84-60-85(96-94(95-84)100-89-42-20-14-36-76(89)80-50-45-68(59-93(80)100)66-47-52-91-83(57-66)78-38-16-19-41-88(78)98(91)72-32-11-4-12-33-72)70-29-22-34-73(54-70)99-86-39-17-13-35-75(86)79-49-44-67(58-92(79)99)65-46-51-90-82(56-65)77-37-15-18-40-87(77)97(90)71-30-9-3-10-31-71/h1-60H. The highest BCUT2D eigenvalue weighted by Gasteiger charge is 2.23. The van der Waals surface area contributed by atoms with Gasteiger partial charge in [-0.2, -0.15) is 0 Å². The zero-order valence-corrected chi connectivity index (χ0v) is 54.3. The van der Waals surface area contributed by atoms with Crippen molar-refractivity contribution in [3.8, 4) is 101 Å². The molecular weight excluding hydrogens is 1210 g/mol. The van der Waals surface area contributed by atoms with Crippen molar-refractivity contribution in [1.29, 1.82) is 0 Å². The van der Waals surface area contributed by atoms with E-state index < -0.39 is 0 Å². The van der Waals surface area contributed by atoms with Crippen LogP contribution in [0.4, 0.5) is 0 Å². The molecule has 0 radical (unpaired) electrons. The fourth-order valence-corrected chi connectivity index (χ4v) is 15.8. The number of aromatic nitrogens is 6. The van der Waals surface area contributed by atoms with Crippen LogP contribution in [0.3, 0.4) is 0 Å². The van der Waals surface area contributed by atoms with Crippen molar-refractivity contribution in [1.82, 2.24) is 28.2 Å². The van der Waals surface area contributed by atoms with Crippen LogP contribution in [0.2, 0.25) is 0 Å². The van der Waals surface area contributed by atoms with Crippen LogP contribution in [0.25, 0.3) is 188 Å². The second-order valence-electron chi connectivity index (χ2n) is 26.1. The van der Waals surface area contributed by atoms with Crippen LogP contribution in [0.15, 0.2) is 364 Å². The van der Waals surface area contributed by atoms with Crippen molar-refractivity contribution in [2.24, 2.45) is 0 Å². The number of fused-ring (bicyclic) bond motifs is 12. The average Bonchev–Trinajstić information content (AvgIpc) is 1.60. The van der Waals surface area contributed by atoms with E-state index in [9.17, 15) is 0 Å². The van der Waals surface area contributed by atoms with Gasteiger partial charge in [-0.15, -0.1) is 0 Å². The van der Waals surface area contributed by atoms with Crippen LogP contribution in [-0.4, -0.2) is 28.2 Å². The van der Waals surface area contributed by atoms with E-state index in [2.05, 4.69) is 382 Å². The Morgan fingerprint density at radius 1 is 0.160 bits per heavy atom. The maximum absolute atomic E-state index is 5.75. The van der Waals surface area contributed by atoms with Crippen molar-refractivity contribution in [3.05, 3.63) is 364 Å². The average molecular weight is 1270 g/mol. The lowest BCUT2D eigenvalue weighted by Gasteiger charge is -2.15. The second kappa shape index (κ2) is 23.2. The first-order valence-electron chi connectivity index (χ1n) is 34.2. The number of para-hydroxylation sites is 6. The molecule has 0 saturated heterocycles. The predicted octanol–water partition coefficient (Wildman–Crippen LogP) is 24.5. The Hall–Kier alpha value is -13.4. The van der Waals surface area contributed by atoms with Crippen molar-refractivity contribution < 1.29 is 0 Å². The summed E-state index contributed by atoms with van der Waals surface area (Å²) in [5.41, 5.74) is 27.3. The lowest BCUT2D eigenvalue weighted by atomic mass is 9.90. The largest absolute Gasteiger partial charge is 0.309 e. The SMILES string of the molecule is c1ccc(-c2ccc(-c3cccc(-c4cc(-c5cccc(-n6c7ccccc7c7ccc(-c8ccc9c(c8)c8ccccc8n9-c8ccccc8)cc76)c5)nc(-n5c6ccccc6c6ccc(-c7ccc8c(c7)c7ccccc7n8-c7ccccc7)cc65)n4)c3)cc2-c2ccccc2)cc1. The maximum atomic E-state index is 5.75. The van der Waals surface area contributed by atoms with Crippen molar-refractivity contribution in [2.45, 2.75) is 0 Å². The minimum Gasteiger partial charge on any atom is -0.309 e. The Morgan fingerprint density at radius 2 is 0.490 bits per heavy atom. The predicted molar refractivity (Wildman–Crippen MR) is 417 cm³/mol. The molecule has 466 valence electrons. The molecule has 20 rings (SSSR count). The monoisotopic (exact) mass is 1270 g/mol. The van der Waals surface area contributed by atoms with Crippen LogP contribution >= 0.6 is 0 Å². The summed E-state index contributed by atoms with van der Waals surface area (Å²) in [6, 6.07) is 132. The fourth-order valence-electron chi connectivity index (χ4n) is 15.8. The van der Waals surface area contributed by atoms with Crippen LogP contribution < -0.4 is 0 Å². The smallest absolute Gasteiger partial charge is 0.235 e. The van der Waals surface area contributed by atoms with Crippen LogP contribution in [-0.2, 0) is 0 Å². The quantitative estimate of drug-likeness (QED) is 0.130. The molecule has 0 aliphatic carbocycles. The summed E-state index contributed by atoms with van der Waals surface area (Å²) < 4.78 is 9.47. The lowest BCUT2D eigenvalue weighted by molar-refractivity contribution is 0.995. The molecule has 100 heavy (non-hydrogen) atoms. The van der Waals surface area contributed by atoms with Gasteiger partial charge in [-0.05, 0) is 171 Å². The Kier molecular flexibility index (Phi) is 13.2. The third-order valence-electron chi connectivity index (χ3n) is 20.4. The Bertz CT molecular complexity index is 6630. The first kappa shape index (κ1) is 56.9. The topological polar surface area (TPSA) is 45.5 Å². The van der Waals surface area contributed by atoms with Gasteiger partial charge in [0.2, 0.25) is 5.95 Å². The molecule has 0 saturated carbocycles. The van der Waals surface area contributed by atoms with E-state index in [-0.39, 0.29) is 0 Å². The summed E-state index contributed by atoms with van der Waals surface area (Å²) >= 11 is 0. The number of rotatable bonds is 11. The second-order valence-corrected chi connectivity index (χ2v) is 26.1. The molecule has 0 aliphatic rings. The van der Waals surface area contributed by atoms with E-state index in [1.54, 1.807) is 0 Å². The van der Waals surface area contributed by atoms with E-state index >= 15 is 0 Å². The van der Waals surface area contributed by atoms with Gasteiger partial charge in [0.15, 0.2) is 0 Å². The first-order chi connectivity index (χ1) is 49.6. The molecule has 15 aromatic carbocycles. The van der Waals surface area contributed by atoms with Gasteiger partial charge in [-0.1, -0.05) is 249 Å². The zero-order valence-electron chi connectivity index (χ0n) is 54.3. The van der Waals surface area contributed by atoms with Crippen LogP contribution in [0.5, 0.6) is 0 Å². The molecule has 0 aliphatic heterocycles. The van der Waals surface area contributed by atoms with E-state index in [0.717, 1.165) is 106 Å². The number of benzene rings is 15. The molecular formula is C94H60N6. The van der Waals surface area contributed by atoms with Crippen molar-refractivity contribution >= 4 is 87.2 Å². The number of hydrogen-bond acceptors (Lipinski definition) is 2. The van der Waals surface area contributed by atoms with Gasteiger partial charge < -0.3 is 13.7 Å². The highest BCUT2D eigenvalue weighted by atomic mass is 15.2. The number of hydrogen-bond donors (Lipinski definition) is 0. The molecule has 0 amide bonds. The normalized spacial score (nSPS) is 11.8. The Labute approximate surface area is 577 Å². The summed E-state index contributed by atoms with van der Waals surface area (Å²) in [5, 5.41) is 9.50. The molecule has 0 fully saturated rings. The first-order valence-corrected chi connectivity index (χ1v) is 34.2. The maximum Gasteiger partial charge on any atom is 0.235 e. The van der Waals surface area contributed by atoms with Gasteiger partial charge in [-0.3, -0.25) is 4.57 Å². The molecule has 0 bridgehead atoms. The van der Waals surface area contributed by atoms with Crippen molar-refractivity contribution in [3.63, 3.8) is 0 Å². The third kappa shape index (κ3) is 9.34. The molecule has 0 atom stereocenters. The molecule has 5 aromatic heterocycles. The van der Waals surface area contributed by atoms with Crippen molar-refractivity contribution in [2.75, 3.05) is 0 Å². The Morgan fingerprint density at radius 3 is 1.02 bits per heavy atom. The van der Waals surface area contributed by atoms with Gasteiger partial charge in [0, 0.05) is 71.3 Å². The summed E-state index contributed by atoms with van der Waals surface area (Å²) in [6.45, 7) is 0. The number of nitrogens with zero attached hydrogens (tertiary/aromatic N) is 6. The Balaban J connectivity index is 0.764. The molecule has 6 heteroatoms. The van der Waals surface area contributed by atoms with Crippen LogP contribution in [0, 0.1) is 0 Å². The molecule has 0 spiro atoms. The van der Waals surface area contributed by atoms with Gasteiger partial charge >= 0.3 is 0 Å². The van der Waals surface area contributed by atoms with Gasteiger partial charge in [0.05, 0.1) is 55.5 Å². The molecule has 20 aromatic rings. The van der Waals surface area contributed by atoms with E-state index in [1.807, 2.05) is 0 Å². The summed E-state index contributed by atoms with van der Waals surface area (Å²) in [4.78, 5) is 11.5.